The highest BCUT2D eigenvalue weighted by molar-refractivity contribution is 5.73. The van der Waals surface area contributed by atoms with Gasteiger partial charge < -0.3 is 10.1 Å². The molecule has 0 aliphatic rings. The minimum atomic E-state index is -0.667. The number of hydrogen-bond donors (Lipinski definition) is 2. The second kappa shape index (κ2) is 6.20. The number of H-pyrrole nitrogens is 1. The summed E-state index contributed by atoms with van der Waals surface area (Å²) in [6.07, 6.45) is 1.74. The second-order valence-corrected chi connectivity index (χ2v) is 3.33. The molecule has 0 bridgehead atoms. The van der Waals surface area contributed by atoms with E-state index >= 15 is 0 Å². The molecule has 7 heteroatoms. The molecule has 0 unspecified atom stereocenters. The van der Waals surface area contributed by atoms with Gasteiger partial charge >= 0.3 is 5.69 Å². The Labute approximate surface area is 102 Å². The molecule has 7 nitrogen and oxygen atoms in total. The standard InChI is InChI=1S/C11H11N3O4/c1-8(16)12-4-2-3-9-7-14(5-6-15)11(18)13-10(9)17/h6-7H,4-5H2,1H3,(H,12,16)(H,13,17,18). The van der Waals surface area contributed by atoms with Crippen molar-refractivity contribution in [3.05, 3.63) is 32.6 Å². The lowest BCUT2D eigenvalue weighted by molar-refractivity contribution is -0.118. The quantitative estimate of drug-likeness (QED) is 0.488. The number of carbonyl (C=O) groups is 2. The first-order valence-electron chi connectivity index (χ1n) is 5.05. The van der Waals surface area contributed by atoms with Gasteiger partial charge in [0.15, 0.2) is 0 Å². The van der Waals surface area contributed by atoms with Crippen molar-refractivity contribution in [2.45, 2.75) is 13.5 Å². The average Bonchev–Trinajstić information content (AvgIpc) is 2.29. The lowest BCUT2D eigenvalue weighted by Gasteiger charge is -1.99. The van der Waals surface area contributed by atoms with Gasteiger partial charge in [-0.1, -0.05) is 11.8 Å². The topological polar surface area (TPSA) is 101 Å². The number of nitrogens with one attached hydrogen (secondary N) is 2. The van der Waals surface area contributed by atoms with Gasteiger partial charge in [-0.15, -0.1) is 0 Å². The molecule has 0 atom stereocenters. The van der Waals surface area contributed by atoms with E-state index in [0.29, 0.717) is 6.29 Å². The maximum atomic E-state index is 11.4. The first-order valence-corrected chi connectivity index (χ1v) is 5.05. The molecule has 0 saturated carbocycles. The first-order chi connectivity index (χ1) is 8.54. The van der Waals surface area contributed by atoms with E-state index in [0.717, 1.165) is 4.57 Å². The molecule has 0 aromatic carbocycles. The molecule has 0 radical (unpaired) electrons. The Morgan fingerprint density at radius 2 is 2.28 bits per heavy atom. The predicted octanol–water partition coefficient (Wildman–Crippen LogP) is -1.78. The van der Waals surface area contributed by atoms with Gasteiger partial charge in [0.1, 0.15) is 11.8 Å². The average molecular weight is 249 g/mol. The van der Waals surface area contributed by atoms with Gasteiger partial charge in [-0.05, 0) is 0 Å². The fraction of sp³-hybridized carbons (Fsp3) is 0.273. The van der Waals surface area contributed by atoms with Gasteiger partial charge in [0.2, 0.25) is 5.91 Å². The molecule has 1 amide bonds. The molecule has 1 rings (SSSR count). The monoisotopic (exact) mass is 249 g/mol. The summed E-state index contributed by atoms with van der Waals surface area (Å²) in [6.45, 7) is 1.29. The molecular formula is C11H11N3O4. The zero-order valence-corrected chi connectivity index (χ0v) is 9.65. The Morgan fingerprint density at radius 3 is 2.89 bits per heavy atom. The summed E-state index contributed by atoms with van der Waals surface area (Å²) in [5.41, 5.74) is -1.24. The molecule has 0 aliphatic heterocycles. The molecule has 0 aliphatic carbocycles. The molecule has 0 saturated heterocycles. The minimum Gasteiger partial charge on any atom is -0.345 e. The number of aldehydes is 1. The highest BCUT2D eigenvalue weighted by atomic mass is 16.2. The first kappa shape index (κ1) is 13.4. The van der Waals surface area contributed by atoms with E-state index in [1.807, 2.05) is 4.98 Å². The van der Waals surface area contributed by atoms with Crippen LogP contribution in [0.4, 0.5) is 0 Å². The summed E-state index contributed by atoms with van der Waals surface area (Å²) < 4.78 is 1.04. The summed E-state index contributed by atoms with van der Waals surface area (Å²) in [5, 5.41) is 2.44. The number of amides is 1. The molecule has 0 fully saturated rings. The molecule has 0 spiro atoms. The van der Waals surface area contributed by atoms with Gasteiger partial charge in [-0.2, -0.15) is 0 Å². The van der Waals surface area contributed by atoms with Gasteiger partial charge in [-0.25, -0.2) is 4.79 Å². The normalized spacial score (nSPS) is 9.17. The lowest BCUT2D eigenvalue weighted by Crippen LogP contribution is -2.31. The van der Waals surface area contributed by atoms with Crippen LogP contribution in [0.15, 0.2) is 15.8 Å². The van der Waals surface area contributed by atoms with Crippen LogP contribution in [-0.4, -0.2) is 28.3 Å². The smallest absolute Gasteiger partial charge is 0.328 e. The van der Waals surface area contributed by atoms with Gasteiger partial charge in [0.05, 0.1) is 13.1 Å². The fourth-order valence-electron chi connectivity index (χ4n) is 1.12. The van der Waals surface area contributed by atoms with Gasteiger partial charge in [0, 0.05) is 13.1 Å². The van der Waals surface area contributed by atoms with E-state index in [9.17, 15) is 19.2 Å². The van der Waals surface area contributed by atoms with Crippen molar-refractivity contribution in [3.63, 3.8) is 0 Å². The van der Waals surface area contributed by atoms with Gasteiger partial charge in [-0.3, -0.25) is 19.1 Å². The molecule has 2 N–H and O–H groups in total. The number of rotatable bonds is 3. The van der Waals surface area contributed by atoms with E-state index < -0.39 is 11.2 Å². The summed E-state index contributed by atoms with van der Waals surface area (Å²) in [6, 6.07) is 0. The highest BCUT2D eigenvalue weighted by Crippen LogP contribution is 1.84. The van der Waals surface area contributed by atoms with Crippen LogP contribution in [0, 0.1) is 11.8 Å². The van der Waals surface area contributed by atoms with Crippen molar-refractivity contribution in [1.29, 1.82) is 0 Å². The summed E-state index contributed by atoms with van der Waals surface area (Å²) in [7, 11) is 0. The summed E-state index contributed by atoms with van der Waals surface area (Å²) in [4.78, 5) is 45.6. The van der Waals surface area contributed by atoms with E-state index in [1.165, 1.54) is 13.1 Å². The molecular weight excluding hydrogens is 238 g/mol. The van der Waals surface area contributed by atoms with E-state index in [-0.39, 0.29) is 24.6 Å². The Balaban J connectivity index is 2.98. The fourth-order valence-corrected chi connectivity index (χ4v) is 1.12. The lowest BCUT2D eigenvalue weighted by atomic mass is 10.3. The summed E-state index contributed by atoms with van der Waals surface area (Å²) >= 11 is 0. The Hall–Kier alpha value is -2.62. The van der Waals surface area contributed by atoms with Crippen LogP contribution in [-0.2, 0) is 16.1 Å². The number of aromatic amines is 1. The van der Waals surface area contributed by atoms with Crippen molar-refractivity contribution in [2.24, 2.45) is 0 Å². The molecule has 1 aromatic heterocycles. The minimum absolute atomic E-state index is 0.0572. The van der Waals surface area contributed by atoms with Crippen LogP contribution in [0.1, 0.15) is 12.5 Å². The van der Waals surface area contributed by atoms with Crippen molar-refractivity contribution >= 4 is 12.2 Å². The van der Waals surface area contributed by atoms with Crippen molar-refractivity contribution in [1.82, 2.24) is 14.9 Å². The third-order valence-electron chi connectivity index (χ3n) is 1.93. The Bertz CT molecular complexity index is 630. The van der Waals surface area contributed by atoms with Crippen LogP contribution >= 0.6 is 0 Å². The van der Waals surface area contributed by atoms with Crippen molar-refractivity contribution in [2.75, 3.05) is 6.54 Å². The third-order valence-corrected chi connectivity index (χ3v) is 1.93. The zero-order valence-electron chi connectivity index (χ0n) is 9.65. The van der Waals surface area contributed by atoms with Gasteiger partial charge in [0.25, 0.3) is 5.56 Å². The van der Waals surface area contributed by atoms with Crippen LogP contribution in [0.3, 0.4) is 0 Å². The van der Waals surface area contributed by atoms with Crippen LogP contribution < -0.4 is 16.6 Å². The van der Waals surface area contributed by atoms with Crippen LogP contribution in [0.5, 0.6) is 0 Å². The van der Waals surface area contributed by atoms with E-state index in [4.69, 9.17) is 0 Å². The zero-order chi connectivity index (χ0) is 13.5. The SMILES string of the molecule is CC(=O)NCC#Cc1cn(CC=O)c(=O)[nH]c1=O. The molecule has 1 aromatic rings. The molecule has 18 heavy (non-hydrogen) atoms. The molecule has 1 heterocycles. The highest BCUT2D eigenvalue weighted by Gasteiger charge is 2.01. The van der Waals surface area contributed by atoms with E-state index in [2.05, 4.69) is 17.2 Å². The van der Waals surface area contributed by atoms with Crippen molar-refractivity contribution in [3.8, 4) is 11.8 Å². The van der Waals surface area contributed by atoms with Crippen LogP contribution in [0.2, 0.25) is 0 Å². The maximum Gasteiger partial charge on any atom is 0.328 e. The largest absolute Gasteiger partial charge is 0.345 e. The Morgan fingerprint density at radius 1 is 1.56 bits per heavy atom. The predicted molar refractivity (Wildman–Crippen MR) is 62.9 cm³/mol. The number of nitrogens with zero attached hydrogens (tertiary/aromatic N) is 1. The second-order valence-electron chi connectivity index (χ2n) is 3.33. The number of aromatic nitrogens is 2. The maximum absolute atomic E-state index is 11.4. The number of hydrogen-bond acceptors (Lipinski definition) is 4. The van der Waals surface area contributed by atoms with E-state index in [1.54, 1.807) is 0 Å². The van der Waals surface area contributed by atoms with Crippen LogP contribution in [0.25, 0.3) is 0 Å². The number of carbonyl (C=O) groups excluding carboxylic acids is 2. The summed E-state index contributed by atoms with van der Waals surface area (Å²) in [5.74, 6) is 4.83. The Kier molecular flexibility index (Phi) is 4.63. The molecule has 94 valence electrons. The third kappa shape index (κ3) is 3.75. The van der Waals surface area contributed by atoms with Crippen molar-refractivity contribution < 1.29 is 9.59 Å².